The topological polar surface area (TPSA) is 43.4 Å². The van der Waals surface area contributed by atoms with Crippen molar-refractivity contribution < 1.29 is 9.47 Å². The first-order valence-corrected chi connectivity index (χ1v) is 6.58. The van der Waals surface area contributed by atoms with Crippen LogP contribution in [0, 0.1) is 0 Å². The van der Waals surface area contributed by atoms with Crippen LogP contribution in [0.2, 0.25) is 5.02 Å². The lowest BCUT2D eigenvalue weighted by molar-refractivity contribution is 0.378. The van der Waals surface area contributed by atoms with Crippen LogP contribution in [-0.4, -0.2) is 26.3 Å². The summed E-state index contributed by atoms with van der Waals surface area (Å²) in [5, 5.41) is 3.84. The largest absolute Gasteiger partial charge is 0.496 e. The molecule has 1 aromatic heterocycles. The molecule has 5 heteroatoms. The highest BCUT2D eigenvalue weighted by Gasteiger charge is 2.22. The van der Waals surface area contributed by atoms with E-state index in [1.807, 2.05) is 37.4 Å². The minimum absolute atomic E-state index is 0.140. The van der Waals surface area contributed by atoms with Gasteiger partial charge in [0, 0.05) is 6.20 Å². The Kier molecular flexibility index (Phi) is 4.82. The number of pyridine rings is 1. The number of hydrogen-bond acceptors (Lipinski definition) is 4. The summed E-state index contributed by atoms with van der Waals surface area (Å²) in [5.74, 6) is 1.50. The van der Waals surface area contributed by atoms with Crippen LogP contribution in [0.5, 0.6) is 11.5 Å². The lowest BCUT2D eigenvalue weighted by atomic mass is 10.0. The van der Waals surface area contributed by atoms with Gasteiger partial charge in [0.2, 0.25) is 0 Å². The van der Waals surface area contributed by atoms with Crippen LogP contribution in [0.3, 0.4) is 0 Å². The van der Waals surface area contributed by atoms with Gasteiger partial charge in [0.15, 0.2) is 0 Å². The van der Waals surface area contributed by atoms with E-state index in [0.717, 1.165) is 22.8 Å². The molecule has 0 saturated carbocycles. The molecule has 1 heterocycles. The molecule has 4 nitrogen and oxygen atoms in total. The van der Waals surface area contributed by atoms with Gasteiger partial charge in [-0.25, -0.2) is 0 Å². The molecule has 106 valence electrons. The van der Waals surface area contributed by atoms with E-state index >= 15 is 0 Å². The molecule has 0 aliphatic rings. The summed E-state index contributed by atoms with van der Waals surface area (Å²) in [7, 11) is 5.15. The molecule has 1 N–H and O–H groups in total. The molecule has 0 amide bonds. The fraction of sp³-hybridized carbons (Fsp3) is 0.267. The molecule has 0 radical (unpaired) electrons. The highest BCUT2D eigenvalue weighted by atomic mass is 35.5. The van der Waals surface area contributed by atoms with Gasteiger partial charge in [-0.1, -0.05) is 17.7 Å². The van der Waals surface area contributed by atoms with Crippen molar-refractivity contribution >= 4 is 11.6 Å². The summed E-state index contributed by atoms with van der Waals surface area (Å²) < 4.78 is 10.9. The Morgan fingerprint density at radius 3 is 2.20 bits per heavy atom. The zero-order chi connectivity index (χ0) is 14.5. The number of nitrogens with one attached hydrogen (secondary N) is 1. The van der Waals surface area contributed by atoms with E-state index in [9.17, 15) is 0 Å². The van der Waals surface area contributed by atoms with E-state index in [1.165, 1.54) is 0 Å². The first kappa shape index (κ1) is 14.6. The summed E-state index contributed by atoms with van der Waals surface area (Å²) in [5.41, 5.74) is 1.76. The number of ether oxygens (including phenoxy) is 2. The molecular weight excluding hydrogens is 276 g/mol. The minimum atomic E-state index is -0.140. The fourth-order valence-electron chi connectivity index (χ4n) is 2.16. The predicted octanol–water partition coefficient (Wildman–Crippen LogP) is 3.06. The van der Waals surface area contributed by atoms with Crippen molar-refractivity contribution in [1.82, 2.24) is 10.3 Å². The molecule has 20 heavy (non-hydrogen) atoms. The van der Waals surface area contributed by atoms with Gasteiger partial charge in [-0.2, -0.15) is 0 Å². The average Bonchev–Trinajstić information content (AvgIpc) is 2.49. The lowest BCUT2D eigenvalue weighted by Gasteiger charge is -2.21. The first-order valence-electron chi connectivity index (χ1n) is 6.20. The SMILES string of the molecule is CNC(c1ccc(Cl)cn1)c1c(OC)cccc1OC. The summed E-state index contributed by atoms with van der Waals surface area (Å²) in [4.78, 5) is 4.37. The first-order chi connectivity index (χ1) is 9.71. The van der Waals surface area contributed by atoms with Crippen molar-refractivity contribution in [3.8, 4) is 11.5 Å². The third kappa shape index (κ3) is 2.86. The number of benzene rings is 1. The summed E-state index contributed by atoms with van der Waals surface area (Å²) in [6, 6.07) is 9.25. The highest BCUT2D eigenvalue weighted by molar-refractivity contribution is 6.30. The molecule has 0 fully saturated rings. The van der Waals surface area contributed by atoms with Crippen LogP contribution >= 0.6 is 11.6 Å². The van der Waals surface area contributed by atoms with Crippen molar-refractivity contribution in [1.29, 1.82) is 0 Å². The molecule has 2 aromatic rings. The van der Waals surface area contributed by atoms with E-state index in [2.05, 4.69) is 10.3 Å². The van der Waals surface area contributed by atoms with E-state index < -0.39 is 0 Å². The average molecular weight is 293 g/mol. The van der Waals surface area contributed by atoms with Crippen LogP contribution in [0.25, 0.3) is 0 Å². The maximum atomic E-state index is 5.89. The van der Waals surface area contributed by atoms with Crippen LogP contribution in [-0.2, 0) is 0 Å². The van der Waals surface area contributed by atoms with Crippen molar-refractivity contribution in [2.24, 2.45) is 0 Å². The Morgan fingerprint density at radius 2 is 1.75 bits per heavy atom. The van der Waals surface area contributed by atoms with Crippen LogP contribution < -0.4 is 14.8 Å². The molecule has 0 aliphatic carbocycles. The Morgan fingerprint density at radius 1 is 1.10 bits per heavy atom. The molecule has 2 rings (SSSR count). The molecule has 1 aromatic carbocycles. The lowest BCUT2D eigenvalue weighted by Crippen LogP contribution is -2.20. The van der Waals surface area contributed by atoms with E-state index in [-0.39, 0.29) is 6.04 Å². The van der Waals surface area contributed by atoms with Gasteiger partial charge < -0.3 is 14.8 Å². The molecule has 1 unspecified atom stereocenters. The van der Waals surface area contributed by atoms with Crippen molar-refractivity contribution in [3.05, 3.63) is 52.8 Å². The minimum Gasteiger partial charge on any atom is -0.496 e. The maximum absolute atomic E-state index is 5.89. The molecule has 0 spiro atoms. The van der Waals surface area contributed by atoms with Gasteiger partial charge in [-0.15, -0.1) is 0 Å². The molecule has 1 atom stereocenters. The summed E-state index contributed by atoms with van der Waals surface area (Å²) >= 11 is 5.89. The second-order valence-corrected chi connectivity index (χ2v) is 4.64. The number of hydrogen-bond donors (Lipinski definition) is 1. The third-order valence-corrected chi connectivity index (χ3v) is 3.31. The van der Waals surface area contributed by atoms with E-state index in [1.54, 1.807) is 20.4 Å². The van der Waals surface area contributed by atoms with Crippen LogP contribution in [0.4, 0.5) is 0 Å². The van der Waals surface area contributed by atoms with Gasteiger partial charge in [-0.05, 0) is 31.3 Å². The van der Waals surface area contributed by atoms with Gasteiger partial charge >= 0.3 is 0 Å². The Balaban J connectivity index is 2.53. The number of nitrogens with zero attached hydrogens (tertiary/aromatic N) is 1. The van der Waals surface area contributed by atoms with Gasteiger partial charge in [0.25, 0.3) is 0 Å². The standard InChI is InChI=1S/C15H17ClN2O2/c1-17-15(11-8-7-10(16)9-18-11)14-12(19-2)5-4-6-13(14)20-3/h4-9,15,17H,1-3H3. The predicted molar refractivity (Wildman–Crippen MR) is 79.7 cm³/mol. The van der Waals surface area contributed by atoms with Crippen molar-refractivity contribution in [2.75, 3.05) is 21.3 Å². The van der Waals surface area contributed by atoms with Crippen molar-refractivity contribution in [3.63, 3.8) is 0 Å². The fourth-order valence-corrected chi connectivity index (χ4v) is 2.27. The molecular formula is C15H17ClN2O2. The molecule has 0 bridgehead atoms. The van der Waals surface area contributed by atoms with Crippen molar-refractivity contribution in [2.45, 2.75) is 6.04 Å². The van der Waals surface area contributed by atoms with Gasteiger partial charge in [0.05, 0.1) is 36.5 Å². The maximum Gasteiger partial charge on any atom is 0.127 e. The Hall–Kier alpha value is -1.78. The quantitative estimate of drug-likeness (QED) is 0.920. The van der Waals surface area contributed by atoms with Crippen LogP contribution in [0.1, 0.15) is 17.3 Å². The Bertz CT molecular complexity index is 550. The van der Waals surface area contributed by atoms with E-state index in [4.69, 9.17) is 21.1 Å². The van der Waals surface area contributed by atoms with Crippen LogP contribution in [0.15, 0.2) is 36.5 Å². The molecule has 0 saturated heterocycles. The highest BCUT2D eigenvalue weighted by Crippen LogP contribution is 2.36. The number of methoxy groups -OCH3 is 2. The third-order valence-electron chi connectivity index (χ3n) is 3.09. The van der Waals surface area contributed by atoms with E-state index in [0.29, 0.717) is 5.02 Å². The number of rotatable bonds is 5. The second kappa shape index (κ2) is 6.59. The van der Waals surface area contributed by atoms with Gasteiger partial charge in [-0.3, -0.25) is 4.98 Å². The zero-order valence-electron chi connectivity index (χ0n) is 11.7. The van der Waals surface area contributed by atoms with Gasteiger partial charge in [0.1, 0.15) is 11.5 Å². The second-order valence-electron chi connectivity index (χ2n) is 4.20. The smallest absolute Gasteiger partial charge is 0.127 e. The number of aromatic nitrogens is 1. The number of halogens is 1. The Labute approximate surface area is 123 Å². The normalized spacial score (nSPS) is 12.0. The monoisotopic (exact) mass is 292 g/mol. The summed E-state index contributed by atoms with van der Waals surface area (Å²) in [6.45, 7) is 0. The summed E-state index contributed by atoms with van der Waals surface area (Å²) in [6.07, 6.45) is 1.63. The zero-order valence-corrected chi connectivity index (χ0v) is 12.4. The molecule has 0 aliphatic heterocycles.